The summed E-state index contributed by atoms with van der Waals surface area (Å²) in [5, 5.41) is 11.8. The Morgan fingerprint density at radius 3 is 2.28 bits per heavy atom. The van der Waals surface area contributed by atoms with Crippen molar-refractivity contribution in [3.63, 3.8) is 0 Å². The van der Waals surface area contributed by atoms with Crippen LogP contribution in [0.2, 0.25) is 0 Å². The SMILES string of the molecule is CN(C(=O)c1cnc(Nc2ccc(C#N)cc2)nc1)c1ccccc1. The molecule has 0 bridgehead atoms. The fraction of sp³-hybridized carbons (Fsp3) is 0.0526. The fourth-order valence-electron chi connectivity index (χ4n) is 2.22. The van der Waals surface area contributed by atoms with E-state index in [-0.39, 0.29) is 5.91 Å². The van der Waals surface area contributed by atoms with E-state index in [1.165, 1.54) is 12.4 Å². The number of hydrogen-bond donors (Lipinski definition) is 1. The molecule has 0 atom stereocenters. The normalized spacial score (nSPS) is 9.92. The molecule has 6 heteroatoms. The molecule has 0 aliphatic carbocycles. The van der Waals surface area contributed by atoms with Gasteiger partial charge in [0.2, 0.25) is 5.95 Å². The minimum Gasteiger partial charge on any atom is -0.324 e. The van der Waals surface area contributed by atoms with Gasteiger partial charge in [-0.25, -0.2) is 9.97 Å². The fourth-order valence-corrected chi connectivity index (χ4v) is 2.22. The van der Waals surface area contributed by atoms with E-state index in [1.807, 2.05) is 30.3 Å². The first-order valence-corrected chi connectivity index (χ1v) is 7.60. The Labute approximate surface area is 145 Å². The highest BCUT2D eigenvalue weighted by molar-refractivity contribution is 6.05. The third kappa shape index (κ3) is 3.79. The number of nitrogens with one attached hydrogen (secondary N) is 1. The zero-order valence-electron chi connectivity index (χ0n) is 13.5. The van der Waals surface area contributed by atoms with Crippen molar-refractivity contribution in [3.8, 4) is 6.07 Å². The summed E-state index contributed by atoms with van der Waals surface area (Å²) in [6, 6.07) is 18.4. The molecule has 1 N–H and O–H groups in total. The van der Waals surface area contributed by atoms with Crippen LogP contribution in [0.3, 0.4) is 0 Å². The summed E-state index contributed by atoms with van der Waals surface area (Å²) in [4.78, 5) is 22.4. The summed E-state index contributed by atoms with van der Waals surface area (Å²) in [5.41, 5.74) is 2.54. The Hall–Kier alpha value is -3.72. The van der Waals surface area contributed by atoms with E-state index in [0.717, 1.165) is 11.4 Å². The van der Waals surface area contributed by atoms with Crippen molar-refractivity contribution in [1.29, 1.82) is 5.26 Å². The predicted octanol–water partition coefficient (Wildman–Crippen LogP) is 3.37. The first kappa shape index (κ1) is 16.1. The molecule has 0 fully saturated rings. The van der Waals surface area contributed by atoms with Crippen LogP contribution in [0.15, 0.2) is 67.0 Å². The lowest BCUT2D eigenvalue weighted by atomic mass is 10.2. The second-order valence-electron chi connectivity index (χ2n) is 5.31. The Morgan fingerprint density at radius 2 is 1.68 bits per heavy atom. The van der Waals surface area contributed by atoms with Crippen LogP contribution in [-0.2, 0) is 0 Å². The van der Waals surface area contributed by atoms with E-state index in [9.17, 15) is 4.79 Å². The third-order valence-electron chi connectivity index (χ3n) is 3.62. The van der Waals surface area contributed by atoms with Crippen LogP contribution in [0.1, 0.15) is 15.9 Å². The predicted molar refractivity (Wildman–Crippen MR) is 95.6 cm³/mol. The maximum Gasteiger partial charge on any atom is 0.261 e. The number of amides is 1. The van der Waals surface area contributed by atoms with E-state index in [4.69, 9.17) is 5.26 Å². The molecule has 0 unspecified atom stereocenters. The van der Waals surface area contributed by atoms with E-state index >= 15 is 0 Å². The largest absolute Gasteiger partial charge is 0.324 e. The van der Waals surface area contributed by atoms with Crippen LogP contribution in [0.4, 0.5) is 17.3 Å². The van der Waals surface area contributed by atoms with Gasteiger partial charge in [-0.05, 0) is 36.4 Å². The van der Waals surface area contributed by atoms with Gasteiger partial charge >= 0.3 is 0 Å². The van der Waals surface area contributed by atoms with Gasteiger partial charge in [-0.2, -0.15) is 5.26 Å². The highest BCUT2D eigenvalue weighted by Gasteiger charge is 2.14. The van der Waals surface area contributed by atoms with Crippen molar-refractivity contribution < 1.29 is 4.79 Å². The first-order chi connectivity index (χ1) is 12.2. The highest BCUT2D eigenvalue weighted by Crippen LogP contribution is 2.16. The third-order valence-corrected chi connectivity index (χ3v) is 3.62. The second kappa shape index (κ2) is 7.23. The number of anilines is 3. The molecule has 0 radical (unpaired) electrons. The zero-order chi connectivity index (χ0) is 17.6. The molecule has 2 aromatic carbocycles. The van der Waals surface area contributed by atoms with Gasteiger partial charge in [0, 0.05) is 30.8 Å². The van der Waals surface area contributed by atoms with Gasteiger partial charge in [-0.15, -0.1) is 0 Å². The molecule has 1 amide bonds. The van der Waals surface area contributed by atoms with Gasteiger partial charge in [0.1, 0.15) is 0 Å². The van der Waals surface area contributed by atoms with Crippen molar-refractivity contribution >= 4 is 23.2 Å². The summed E-state index contributed by atoms with van der Waals surface area (Å²) in [7, 11) is 1.71. The molecule has 3 aromatic rings. The number of carbonyl (C=O) groups is 1. The molecule has 122 valence electrons. The van der Waals surface area contributed by atoms with Crippen LogP contribution in [-0.4, -0.2) is 22.9 Å². The number of aromatic nitrogens is 2. The summed E-state index contributed by atoms with van der Waals surface area (Å²) in [6.07, 6.45) is 2.97. The van der Waals surface area contributed by atoms with Crippen LogP contribution in [0, 0.1) is 11.3 Å². The molecule has 1 aromatic heterocycles. The van der Waals surface area contributed by atoms with Crippen LogP contribution < -0.4 is 10.2 Å². The van der Waals surface area contributed by atoms with Gasteiger partial charge in [0.05, 0.1) is 17.2 Å². The molecule has 3 rings (SSSR count). The Kier molecular flexibility index (Phi) is 4.67. The zero-order valence-corrected chi connectivity index (χ0v) is 13.5. The molecule has 0 saturated heterocycles. The molecule has 0 spiro atoms. The summed E-state index contributed by atoms with van der Waals surface area (Å²) >= 11 is 0. The number of benzene rings is 2. The number of nitrogens with zero attached hydrogens (tertiary/aromatic N) is 4. The van der Waals surface area contributed by atoms with Crippen molar-refractivity contribution in [2.24, 2.45) is 0 Å². The standard InChI is InChI=1S/C19H15N5O/c1-24(17-5-3-2-4-6-17)18(25)15-12-21-19(22-13-15)23-16-9-7-14(11-20)8-10-16/h2-10,12-13H,1H3,(H,21,22,23). The Morgan fingerprint density at radius 1 is 1.04 bits per heavy atom. The molecule has 0 saturated carbocycles. The summed E-state index contributed by atoms with van der Waals surface area (Å²) in [6.45, 7) is 0. The molecule has 25 heavy (non-hydrogen) atoms. The second-order valence-corrected chi connectivity index (χ2v) is 5.31. The topological polar surface area (TPSA) is 81.9 Å². The highest BCUT2D eigenvalue weighted by atomic mass is 16.2. The average Bonchev–Trinajstić information content (AvgIpc) is 2.69. The molecule has 6 nitrogen and oxygen atoms in total. The van der Waals surface area contributed by atoms with Crippen molar-refractivity contribution in [1.82, 2.24) is 9.97 Å². The molecule has 1 heterocycles. The van der Waals surface area contributed by atoms with Gasteiger partial charge in [-0.3, -0.25) is 4.79 Å². The van der Waals surface area contributed by atoms with E-state index < -0.39 is 0 Å². The van der Waals surface area contributed by atoms with Crippen molar-refractivity contribution in [2.75, 3.05) is 17.3 Å². The lowest BCUT2D eigenvalue weighted by molar-refractivity contribution is 0.0992. The number of hydrogen-bond acceptors (Lipinski definition) is 5. The van der Waals surface area contributed by atoms with Crippen LogP contribution >= 0.6 is 0 Å². The minimum atomic E-state index is -0.184. The minimum absolute atomic E-state index is 0.184. The molecular weight excluding hydrogens is 314 g/mol. The Balaban J connectivity index is 1.71. The maximum atomic E-state index is 12.5. The average molecular weight is 329 g/mol. The van der Waals surface area contributed by atoms with Gasteiger partial charge in [0.15, 0.2) is 0 Å². The monoisotopic (exact) mass is 329 g/mol. The smallest absolute Gasteiger partial charge is 0.261 e. The van der Waals surface area contributed by atoms with Crippen LogP contribution in [0.5, 0.6) is 0 Å². The van der Waals surface area contributed by atoms with Crippen molar-refractivity contribution in [2.45, 2.75) is 0 Å². The number of para-hydroxylation sites is 1. The van der Waals surface area contributed by atoms with E-state index in [0.29, 0.717) is 17.1 Å². The number of nitriles is 1. The van der Waals surface area contributed by atoms with Crippen molar-refractivity contribution in [3.05, 3.63) is 78.1 Å². The summed E-state index contributed by atoms with van der Waals surface area (Å²) in [5.74, 6) is 0.194. The van der Waals surface area contributed by atoms with E-state index in [1.54, 1.807) is 36.2 Å². The maximum absolute atomic E-state index is 12.5. The lowest BCUT2D eigenvalue weighted by Crippen LogP contribution is -2.26. The van der Waals surface area contributed by atoms with Gasteiger partial charge < -0.3 is 10.2 Å². The summed E-state index contributed by atoms with van der Waals surface area (Å²) < 4.78 is 0. The molecule has 0 aliphatic heterocycles. The molecule has 0 aliphatic rings. The lowest BCUT2D eigenvalue weighted by Gasteiger charge is -2.17. The number of rotatable bonds is 4. The first-order valence-electron chi connectivity index (χ1n) is 7.60. The van der Waals surface area contributed by atoms with Crippen LogP contribution in [0.25, 0.3) is 0 Å². The van der Waals surface area contributed by atoms with E-state index in [2.05, 4.69) is 21.4 Å². The Bertz CT molecular complexity index is 899. The molecular formula is C19H15N5O. The quantitative estimate of drug-likeness (QED) is 0.793. The number of carbonyl (C=O) groups excluding carboxylic acids is 1. The van der Waals surface area contributed by atoms with Gasteiger partial charge in [0.25, 0.3) is 5.91 Å². The van der Waals surface area contributed by atoms with Gasteiger partial charge in [-0.1, -0.05) is 18.2 Å².